The molecule has 0 unspecified atom stereocenters. The smallest absolute Gasteiger partial charge is 0.254 e. The molecule has 2 aromatic rings. The van der Waals surface area contributed by atoms with Crippen LogP contribution in [-0.2, 0) is 9.53 Å². The van der Waals surface area contributed by atoms with Crippen LogP contribution in [0.25, 0.3) is 10.6 Å². The zero-order chi connectivity index (χ0) is 15.4. The lowest BCUT2D eigenvalue weighted by Gasteiger charge is -2.12. The van der Waals surface area contributed by atoms with Crippen molar-refractivity contribution in [2.24, 2.45) is 0 Å². The fourth-order valence-electron chi connectivity index (χ4n) is 1.71. The maximum atomic E-state index is 11.8. The molecule has 0 N–H and O–H groups in total. The first-order chi connectivity index (χ1) is 10.0. The van der Waals surface area contributed by atoms with E-state index in [2.05, 4.69) is 10.2 Å². The van der Waals surface area contributed by atoms with Crippen LogP contribution in [0.15, 0.2) is 24.3 Å². The van der Waals surface area contributed by atoms with Gasteiger partial charge in [0.1, 0.15) is 11.6 Å². The van der Waals surface area contributed by atoms with Gasteiger partial charge in [-0.3, -0.25) is 9.69 Å². The van der Waals surface area contributed by atoms with Gasteiger partial charge in [-0.2, -0.15) is 0 Å². The van der Waals surface area contributed by atoms with Crippen molar-refractivity contribution in [2.75, 3.05) is 44.7 Å². The van der Waals surface area contributed by atoms with Gasteiger partial charge in [0, 0.05) is 39.5 Å². The van der Waals surface area contributed by atoms with Gasteiger partial charge in [0.2, 0.25) is 5.13 Å². The molecule has 1 aromatic heterocycles. The number of carbonyl (C=O) groups excluding carboxylic acids is 1. The average molecular weight is 306 g/mol. The molecule has 1 amide bonds. The van der Waals surface area contributed by atoms with E-state index in [9.17, 15) is 4.79 Å². The Morgan fingerprint density at radius 2 is 2.05 bits per heavy atom. The molecular formula is C14H18N4O2S. The predicted octanol–water partition coefficient (Wildman–Crippen LogP) is 1.88. The SMILES string of the molecule is COCC(=O)N(C)c1nnc(-c2cccc(N(C)C)c2)s1. The van der Waals surface area contributed by atoms with Gasteiger partial charge in [0.25, 0.3) is 5.91 Å². The number of hydrogen-bond acceptors (Lipinski definition) is 6. The molecule has 0 atom stereocenters. The van der Waals surface area contributed by atoms with Gasteiger partial charge in [-0.25, -0.2) is 0 Å². The molecule has 0 spiro atoms. The summed E-state index contributed by atoms with van der Waals surface area (Å²) >= 11 is 1.38. The quantitative estimate of drug-likeness (QED) is 0.844. The number of methoxy groups -OCH3 is 1. The van der Waals surface area contributed by atoms with Crippen LogP contribution in [0.5, 0.6) is 0 Å². The van der Waals surface area contributed by atoms with Crippen LogP contribution in [-0.4, -0.2) is 51.0 Å². The van der Waals surface area contributed by atoms with Crippen LogP contribution in [0.4, 0.5) is 10.8 Å². The highest BCUT2D eigenvalue weighted by Gasteiger charge is 2.16. The molecule has 0 bridgehead atoms. The Labute approximate surface area is 128 Å². The number of carbonyl (C=O) groups is 1. The van der Waals surface area contributed by atoms with Crippen LogP contribution in [0.2, 0.25) is 0 Å². The maximum Gasteiger partial charge on any atom is 0.254 e. The molecule has 7 heteroatoms. The summed E-state index contributed by atoms with van der Waals surface area (Å²) < 4.78 is 4.84. The minimum atomic E-state index is -0.151. The highest BCUT2D eigenvalue weighted by molar-refractivity contribution is 7.18. The van der Waals surface area contributed by atoms with E-state index >= 15 is 0 Å². The molecule has 0 saturated carbocycles. The molecule has 0 fully saturated rings. The third-order valence-corrected chi connectivity index (χ3v) is 4.00. The second kappa shape index (κ2) is 6.64. The van der Waals surface area contributed by atoms with E-state index in [-0.39, 0.29) is 12.5 Å². The Kier molecular flexibility index (Phi) is 4.87. The molecule has 0 aliphatic heterocycles. The van der Waals surface area contributed by atoms with Crippen molar-refractivity contribution >= 4 is 28.1 Å². The van der Waals surface area contributed by atoms with Crippen molar-refractivity contribution < 1.29 is 9.53 Å². The van der Waals surface area contributed by atoms with Crippen LogP contribution < -0.4 is 9.80 Å². The molecule has 6 nitrogen and oxygen atoms in total. The summed E-state index contributed by atoms with van der Waals surface area (Å²) in [7, 11) is 7.13. The average Bonchev–Trinajstić information content (AvgIpc) is 2.96. The molecule has 2 rings (SSSR count). The zero-order valence-corrected chi connectivity index (χ0v) is 13.3. The number of ether oxygens (including phenoxy) is 1. The summed E-state index contributed by atoms with van der Waals surface area (Å²) in [5.41, 5.74) is 2.07. The van der Waals surface area contributed by atoms with E-state index < -0.39 is 0 Å². The Hall–Kier alpha value is -1.99. The second-order valence-electron chi connectivity index (χ2n) is 4.72. The highest BCUT2D eigenvalue weighted by atomic mass is 32.1. The monoisotopic (exact) mass is 306 g/mol. The Morgan fingerprint density at radius 1 is 1.29 bits per heavy atom. The van der Waals surface area contributed by atoms with E-state index in [1.165, 1.54) is 23.3 Å². The zero-order valence-electron chi connectivity index (χ0n) is 12.5. The first kappa shape index (κ1) is 15.4. The normalized spacial score (nSPS) is 10.5. The number of benzene rings is 1. The number of anilines is 2. The topological polar surface area (TPSA) is 58.6 Å². The number of hydrogen-bond donors (Lipinski definition) is 0. The van der Waals surface area contributed by atoms with Crippen molar-refractivity contribution in [3.05, 3.63) is 24.3 Å². The molecule has 1 aromatic carbocycles. The molecule has 0 saturated heterocycles. The fraction of sp³-hybridized carbons (Fsp3) is 0.357. The molecule has 112 valence electrons. The summed E-state index contributed by atoms with van der Waals surface area (Å²) in [4.78, 5) is 15.3. The van der Waals surface area contributed by atoms with E-state index in [1.807, 2.05) is 43.3 Å². The summed E-state index contributed by atoms with van der Waals surface area (Å²) in [5, 5.41) is 9.58. The standard InChI is InChI=1S/C14H18N4O2S/c1-17(2)11-7-5-6-10(8-11)13-15-16-14(21-13)18(3)12(19)9-20-4/h5-8H,9H2,1-4H3. The van der Waals surface area contributed by atoms with Crippen molar-refractivity contribution in [3.63, 3.8) is 0 Å². The maximum absolute atomic E-state index is 11.8. The van der Waals surface area contributed by atoms with Gasteiger partial charge < -0.3 is 9.64 Å². The van der Waals surface area contributed by atoms with Gasteiger partial charge in [0.15, 0.2) is 0 Å². The van der Waals surface area contributed by atoms with Gasteiger partial charge in [-0.1, -0.05) is 23.5 Å². The van der Waals surface area contributed by atoms with E-state index in [0.717, 1.165) is 16.3 Å². The first-order valence-corrected chi connectivity index (χ1v) is 7.21. The Balaban J connectivity index is 2.23. The predicted molar refractivity (Wildman–Crippen MR) is 85.0 cm³/mol. The fourth-order valence-corrected chi connectivity index (χ4v) is 2.53. The lowest BCUT2D eigenvalue weighted by atomic mass is 10.2. The number of rotatable bonds is 5. The van der Waals surface area contributed by atoms with Gasteiger partial charge in [-0.05, 0) is 12.1 Å². The van der Waals surface area contributed by atoms with Crippen LogP contribution >= 0.6 is 11.3 Å². The number of nitrogens with zero attached hydrogens (tertiary/aromatic N) is 4. The summed E-state index contributed by atoms with van der Waals surface area (Å²) in [6, 6.07) is 8.03. The van der Waals surface area contributed by atoms with Crippen molar-refractivity contribution in [1.29, 1.82) is 0 Å². The largest absolute Gasteiger partial charge is 0.378 e. The summed E-state index contributed by atoms with van der Waals surface area (Å²) in [5.74, 6) is -0.151. The van der Waals surface area contributed by atoms with Crippen molar-refractivity contribution in [3.8, 4) is 10.6 Å². The molecule has 0 aliphatic rings. The van der Waals surface area contributed by atoms with Crippen LogP contribution in [0.1, 0.15) is 0 Å². The van der Waals surface area contributed by atoms with E-state index in [1.54, 1.807) is 7.05 Å². The highest BCUT2D eigenvalue weighted by Crippen LogP contribution is 2.30. The number of likely N-dealkylation sites (N-methyl/N-ethyl adjacent to an activating group) is 1. The molecule has 0 aliphatic carbocycles. The van der Waals surface area contributed by atoms with Crippen molar-refractivity contribution in [2.45, 2.75) is 0 Å². The number of aromatic nitrogens is 2. The Bertz CT molecular complexity index is 627. The van der Waals surface area contributed by atoms with E-state index in [4.69, 9.17) is 4.74 Å². The lowest BCUT2D eigenvalue weighted by molar-refractivity contribution is -0.121. The summed E-state index contributed by atoms with van der Waals surface area (Å²) in [6.45, 7) is 0.0293. The number of amides is 1. The van der Waals surface area contributed by atoms with Gasteiger partial charge in [0.05, 0.1) is 0 Å². The van der Waals surface area contributed by atoms with Crippen LogP contribution in [0.3, 0.4) is 0 Å². The molecule has 0 radical (unpaired) electrons. The minimum absolute atomic E-state index is 0.0293. The Morgan fingerprint density at radius 3 is 2.71 bits per heavy atom. The molecular weight excluding hydrogens is 288 g/mol. The second-order valence-corrected chi connectivity index (χ2v) is 5.68. The van der Waals surface area contributed by atoms with E-state index in [0.29, 0.717) is 5.13 Å². The molecule has 21 heavy (non-hydrogen) atoms. The van der Waals surface area contributed by atoms with Gasteiger partial charge >= 0.3 is 0 Å². The first-order valence-electron chi connectivity index (χ1n) is 6.39. The third-order valence-electron chi connectivity index (χ3n) is 2.95. The minimum Gasteiger partial charge on any atom is -0.378 e. The van der Waals surface area contributed by atoms with Gasteiger partial charge in [-0.15, -0.1) is 10.2 Å². The molecule has 1 heterocycles. The van der Waals surface area contributed by atoms with Crippen molar-refractivity contribution in [1.82, 2.24) is 10.2 Å². The van der Waals surface area contributed by atoms with Crippen LogP contribution in [0, 0.1) is 0 Å². The lowest BCUT2D eigenvalue weighted by Crippen LogP contribution is -2.29. The third kappa shape index (κ3) is 3.56. The summed E-state index contributed by atoms with van der Waals surface area (Å²) in [6.07, 6.45) is 0.